The van der Waals surface area contributed by atoms with Crippen molar-refractivity contribution in [1.29, 1.82) is 0 Å². The van der Waals surface area contributed by atoms with Crippen LogP contribution in [0.15, 0.2) is 36.4 Å². The van der Waals surface area contributed by atoms with Crippen LogP contribution in [0.25, 0.3) is 0 Å². The number of anilines is 2. The van der Waals surface area contributed by atoms with Crippen LogP contribution in [0.3, 0.4) is 0 Å². The number of hydrogen-bond acceptors (Lipinski definition) is 3. The zero-order chi connectivity index (χ0) is 11.3. The molecule has 0 unspecified atom stereocenters. The van der Waals surface area contributed by atoms with E-state index in [2.05, 4.69) is 5.32 Å². The first-order valence-electron chi connectivity index (χ1n) is 4.15. The second-order valence-electron chi connectivity index (χ2n) is 2.79. The lowest BCUT2D eigenvalue weighted by atomic mass is 10.3. The maximum Gasteiger partial charge on any atom is 0.328 e. The van der Waals surface area contributed by atoms with Crippen LogP contribution in [0.1, 0.15) is 0 Å². The molecule has 1 amide bonds. The summed E-state index contributed by atoms with van der Waals surface area (Å²) in [5.74, 6) is -1.68. The van der Waals surface area contributed by atoms with Crippen molar-refractivity contribution in [3.05, 3.63) is 36.4 Å². The second kappa shape index (κ2) is 4.80. The van der Waals surface area contributed by atoms with Gasteiger partial charge in [-0.25, -0.2) is 4.79 Å². The highest BCUT2D eigenvalue weighted by Crippen LogP contribution is 2.11. The summed E-state index contributed by atoms with van der Waals surface area (Å²) in [6.07, 6.45) is 1.70. The Balaban J connectivity index is 2.63. The minimum absolute atomic E-state index is 0.511. The highest BCUT2D eigenvalue weighted by molar-refractivity contribution is 6.02. The van der Waals surface area contributed by atoms with E-state index in [4.69, 9.17) is 10.8 Å². The summed E-state index contributed by atoms with van der Waals surface area (Å²) in [4.78, 5) is 21.2. The van der Waals surface area contributed by atoms with Gasteiger partial charge in [-0.05, 0) is 18.2 Å². The number of amides is 1. The lowest BCUT2D eigenvalue weighted by Crippen LogP contribution is -2.08. The van der Waals surface area contributed by atoms with Gasteiger partial charge in [-0.1, -0.05) is 6.07 Å². The van der Waals surface area contributed by atoms with Gasteiger partial charge in [0, 0.05) is 23.5 Å². The van der Waals surface area contributed by atoms with Gasteiger partial charge in [0.25, 0.3) is 0 Å². The quantitative estimate of drug-likeness (QED) is 0.505. The number of hydrogen-bond donors (Lipinski definition) is 3. The highest BCUT2D eigenvalue weighted by Gasteiger charge is 1.98. The smallest absolute Gasteiger partial charge is 0.328 e. The molecule has 0 heterocycles. The fourth-order valence-electron chi connectivity index (χ4n) is 0.947. The molecule has 15 heavy (non-hydrogen) atoms. The number of carbonyl (C=O) groups excluding carboxylic acids is 1. The van der Waals surface area contributed by atoms with Crippen molar-refractivity contribution in [2.75, 3.05) is 11.1 Å². The first-order chi connectivity index (χ1) is 7.08. The minimum Gasteiger partial charge on any atom is -0.478 e. The Morgan fingerprint density at radius 1 is 1.33 bits per heavy atom. The lowest BCUT2D eigenvalue weighted by molar-refractivity contribution is -0.131. The molecular formula is C10H10N2O3. The molecule has 0 aliphatic rings. The first kappa shape index (κ1) is 10.8. The van der Waals surface area contributed by atoms with Crippen LogP contribution in [0.2, 0.25) is 0 Å². The molecule has 1 aromatic carbocycles. The molecule has 0 saturated heterocycles. The average Bonchev–Trinajstić information content (AvgIpc) is 2.15. The Morgan fingerprint density at radius 3 is 2.67 bits per heavy atom. The monoisotopic (exact) mass is 206 g/mol. The van der Waals surface area contributed by atoms with Crippen LogP contribution in [0.4, 0.5) is 11.4 Å². The van der Waals surface area contributed by atoms with Crippen LogP contribution in [-0.4, -0.2) is 17.0 Å². The van der Waals surface area contributed by atoms with Crippen molar-refractivity contribution in [2.24, 2.45) is 0 Å². The van der Waals surface area contributed by atoms with Gasteiger partial charge < -0.3 is 16.2 Å². The number of rotatable bonds is 3. The Labute approximate surface area is 86.2 Å². The van der Waals surface area contributed by atoms with Gasteiger partial charge in [0.05, 0.1) is 0 Å². The molecule has 0 aliphatic heterocycles. The molecule has 0 fully saturated rings. The van der Waals surface area contributed by atoms with Crippen LogP contribution >= 0.6 is 0 Å². The third kappa shape index (κ3) is 3.95. The molecule has 1 aromatic rings. The zero-order valence-electron chi connectivity index (χ0n) is 7.81. The highest BCUT2D eigenvalue weighted by atomic mass is 16.4. The van der Waals surface area contributed by atoms with Gasteiger partial charge in [-0.15, -0.1) is 0 Å². The summed E-state index contributed by atoms with van der Waals surface area (Å²) >= 11 is 0. The lowest BCUT2D eigenvalue weighted by Gasteiger charge is -2.01. The molecule has 5 nitrogen and oxygen atoms in total. The number of nitrogens with one attached hydrogen (secondary N) is 1. The van der Waals surface area contributed by atoms with E-state index in [1.807, 2.05) is 0 Å². The molecule has 0 spiro atoms. The van der Waals surface area contributed by atoms with E-state index >= 15 is 0 Å². The SMILES string of the molecule is Nc1cccc(NC(=O)C=CC(=O)O)c1. The van der Waals surface area contributed by atoms with Crippen molar-refractivity contribution >= 4 is 23.3 Å². The molecule has 0 aromatic heterocycles. The molecule has 0 saturated carbocycles. The summed E-state index contributed by atoms with van der Waals surface area (Å²) in [5, 5.41) is 10.8. The number of aliphatic carboxylic acids is 1. The molecule has 1 rings (SSSR count). The summed E-state index contributed by atoms with van der Waals surface area (Å²) in [7, 11) is 0. The van der Waals surface area contributed by atoms with Crippen molar-refractivity contribution in [3.63, 3.8) is 0 Å². The molecule has 78 valence electrons. The number of nitrogens with two attached hydrogens (primary N) is 1. The molecule has 0 atom stereocenters. The fourth-order valence-corrected chi connectivity index (χ4v) is 0.947. The largest absolute Gasteiger partial charge is 0.478 e. The van der Waals surface area contributed by atoms with Gasteiger partial charge in [0.2, 0.25) is 5.91 Å². The predicted octanol–water partition coefficient (Wildman–Crippen LogP) is 0.848. The van der Waals surface area contributed by atoms with E-state index in [-0.39, 0.29) is 0 Å². The predicted molar refractivity (Wildman–Crippen MR) is 56.3 cm³/mol. The van der Waals surface area contributed by atoms with E-state index < -0.39 is 11.9 Å². The topological polar surface area (TPSA) is 92.4 Å². The fraction of sp³-hybridized carbons (Fsp3) is 0. The summed E-state index contributed by atoms with van der Waals surface area (Å²) < 4.78 is 0. The molecule has 0 radical (unpaired) electrons. The number of carboxylic acid groups (broad SMARTS) is 1. The maximum atomic E-state index is 11.1. The third-order valence-corrected chi connectivity index (χ3v) is 1.53. The molecular weight excluding hydrogens is 196 g/mol. The number of nitrogen functional groups attached to an aromatic ring is 1. The van der Waals surface area contributed by atoms with Gasteiger partial charge >= 0.3 is 5.97 Å². The van der Waals surface area contributed by atoms with E-state index in [1.165, 1.54) is 0 Å². The number of carboxylic acids is 1. The van der Waals surface area contributed by atoms with Crippen molar-refractivity contribution in [3.8, 4) is 0 Å². The number of benzene rings is 1. The Bertz CT molecular complexity index is 413. The average molecular weight is 206 g/mol. The molecule has 4 N–H and O–H groups in total. The Morgan fingerprint density at radius 2 is 2.07 bits per heavy atom. The summed E-state index contributed by atoms with van der Waals surface area (Å²) in [5.41, 5.74) is 6.54. The first-order valence-corrected chi connectivity index (χ1v) is 4.15. The van der Waals surface area contributed by atoms with Crippen LogP contribution in [0.5, 0.6) is 0 Å². The van der Waals surface area contributed by atoms with Gasteiger partial charge in [-0.3, -0.25) is 4.79 Å². The molecule has 0 bridgehead atoms. The van der Waals surface area contributed by atoms with E-state index in [0.29, 0.717) is 11.4 Å². The second-order valence-corrected chi connectivity index (χ2v) is 2.79. The zero-order valence-corrected chi connectivity index (χ0v) is 7.81. The van der Waals surface area contributed by atoms with Crippen LogP contribution in [-0.2, 0) is 9.59 Å². The number of carbonyl (C=O) groups is 2. The van der Waals surface area contributed by atoms with Crippen molar-refractivity contribution in [1.82, 2.24) is 0 Å². The van der Waals surface area contributed by atoms with Gasteiger partial charge in [-0.2, -0.15) is 0 Å². The Hall–Kier alpha value is -2.30. The van der Waals surface area contributed by atoms with E-state index in [9.17, 15) is 9.59 Å². The standard InChI is InChI=1S/C10H10N2O3/c11-7-2-1-3-8(6-7)12-9(13)4-5-10(14)15/h1-6H,11H2,(H,12,13)(H,14,15). The minimum atomic E-state index is -1.17. The molecule has 0 aliphatic carbocycles. The van der Waals surface area contributed by atoms with Crippen molar-refractivity contribution in [2.45, 2.75) is 0 Å². The normalized spacial score (nSPS) is 10.1. The van der Waals surface area contributed by atoms with Crippen LogP contribution < -0.4 is 11.1 Å². The molecule has 5 heteroatoms. The summed E-state index contributed by atoms with van der Waals surface area (Å²) in [6, 6.07) is 6.60. The van der Waals surface area contributed by atoms with Crippen LogP contribution in [0, 0.1) is 0 Å². The van der Waals surface area contributed by atoms with Crippen molar-refractivity contribution < 1.29 is 14.7 Å². The maximum absolute atomic E-state index is 11.1. The third-order valence-electron chi connectivity index (χ3n) is 1.53. The summed E-state index contributed by atoms with van der Waals surface area (Å²) in [6.45, 7) is 0. The van der Waals surface area contributed by atoms with Gasteiger partial charge in [0.15, 0.2) is 0 Å². The van der Waals surface area contributed by atoms with Gasteiger partial charge in [0.1, 0.15) is 0 Å². The Kier molecular flexibility index (Phi) is 3.45. The van der Waals surface area contributed by atoms with E-state index in [0.717, 1.165) is 12.2 Å². The van der Waals surface area contributed by atoms with E-state index in [1.54, 1.807) is 24.3 Å².